The molecule has 0 aliphatic heterocycles. The molecule has 2 atom stereocenters. The number of aromatic nitrogens is 1. The topological polar surface area (TPSA) is 4.93 Å². The molecule has 0 spiro atoms. The maximum atomic E-state index is 2.43. The van der Waals surface area contributed by atoms with Gasteiger partial charge >= 0.3 is 0 Å². The van der Waals surface area contributed by atoms with Crippen molar-refractivity contribution in [1.29, 1.82) is 0 Å². The molecule has 1 heteroatoms. The summed E-state index contributed by atoms with van der Waals surface area (Å²) in [4.78, 5) is 0. The fourth-order valence-corrected chi connectivity index (χ4v) is 8.36. The van der Waals surface area contributed by atoms with Crippen LogP contribution in [0, 0.1) is 5.92 Å². The number of nitrogens with zero attached hydrogens (tertiary/aromatic N) is 1. The monoisotopic (exact) mass is 597 g/mol. The summed E-state index contributed by atoms with van der Waals surface area (Å²) in [6.07, 6.45) is 9.19. The number of fused-ring (bicyclic) bond motifs is 8. The highest BCUT2D eigenvalue weighted by molar-refractivity contribution is 6.09. The van der Waals surface area contributed by atoms with Crippen LogP contribution in [0.4, 0.5) is 0 Å². The van der Waals surface area contributed by atoms with Crippen molar-refractivity contribution in [3.63, 3.8) is 0 Å². The smallest absolute Gasteiger partial charge is 0.0541 e. The second kappa shape index (κ2) is 10.3. The van der Waals surface area contributed by atoms with Gasteiger partial charge in [0, 0.05) is 28.3 Å². The maximum absolute atomic E-state index is 2.43. The zero-order chi connectivity index (χ0) is 30.9. The summed E-state index contributed by atoms with van der Waals surface area (Å²) in [6, 6.07) is 56.1. The molecule has 1 aromatic heterocycles. The fourth-order valence-electron chi connectivity index (χ4n) is 8.36. The summed E-state index contributed by atoms with van der Waals surface area (Å²) in [5.74, 6) is 0.485. The Morgan fingerprint density at radius 2 is 1.15 bits per heavy atom. The molecule has 0 N–H and O–H groups in total. The first kappa shape index (κ1) is 26.3. The summed E-state index contributed by atoms with van der Waals surface area (Å²) in [7, 11) is 0. The molecule has 1 nitrogen and oxygen atoms in total. The Balaban J connectivity index is 1.12. The van der Waals surface area contributed by atoms with Crippen LogP contribution in [-0.4, -0.2) is 4.57 Å². The molecular weight excluding hydrogens is 567 g/mol. The third-order valence-electron chi connectivity index (χ3n) is 10.4. The highest BCUT2D eigenvalue weighted by Crippen LogP contribution is 2.50. The second-order valence-electron chi connectivity index (χ2n) is 12.8. The highest BCUT2D eigenvalue weighted by atomic mass is 15.0. The number of allylic oxidation sites excluding steroid dienone is 5. The molecule has 0 fully saturated rings. The molecule has 0 saturated carbocycles. The van der Waals surface area contributed by atoms with Crippen LogP contribution in [0.3, 0.4) is 0 Å². The van der Waals surface area contributed by atoms with Crippen LogP contribution in [0.1, 0.15) is 28.2 Å². The summed E-state index contributed by atoms with van der Waals surface area (Å²) < 4.78 is 2.39. The molecule has 0 amide bonds. The van der Waals surface area contributed by atoms with Gasteiger partial charge in [-0.25, -0.2) is 0 Å². The lowest BCUT2D eigenvalue weighted by Crippen LogP contribution is -2.22. The molecule has 0 bridgehead atoms. The Bertz CT molecular complexity index is 2570. The van der Waals surface area contributed by atoms with Crippen LogP contribution in [0.25, 0.3) is 54.6 Å². The van der Waals surface area contributed by atoms with Gasteiger partial charge in [-0.05, 0) is 79.2 Å². The lowest BCUT2D eigenvalue weighted by molar-refractivity contribution is 0.649. The van der Waals surface area contributed by atoms with Crippen molar-refractivity contribution in [3.05, 3.63) is 204 Å². The lowest BCUT2D eigenvalue weighted by atomic mass is 9.66. The number of hydrogen-bond donors (Lipinski definition) is 0. The van der Waals surface area contributed by atoms with E-state index in [2.05, 4.69) is 181 Å². The van der Waals surface area contributed by atoms with Crippen LogP contribution in [-0.2, 0) is 0 Å². The average molecular weight is 598 g/mol. The van der Waals surface area contributed by atoms with Crippen molar-refractivity contribution in [3.8, 4) is 5.69 Å². The Morgan fingerprint density at radius 3 is 1.96 bits per heavy atom. The minimum atomic E-state index is 0.235. The predicted octanol–water partition coefficient (Wildman–Crippen LogP) is 11.8. The summed E-state index contributed by atoms with van der Waals surface area (Å²) in [5, 5.41) is 7.78. The van der Waals surface area contributed by atoms with Crippen LogP contribution in [0.15, 0.2) is 182 Å². The van der Waals surface area contributed by atoms with E-state index < -0.39 is 0 Å². The third-order valence-corrected chi connectivity index (χ3v) is 10.4. The van der Waals surface area contributed by atoms with E-state index in [1.807, 2.05) is 0 Å². The van der Waals surface area contributed by atoms with Crippen LogP contribution in [0.5, 0.6) is 0 Å². The molecule has 2 aliphatic rings. The van der Waals surface area contributed by atoms with Crippen LogP contribution >= 0.6 is 0 Å². The minimum Gasteiger partial charge on any atom is -0.309 e. The number of rotatable bonds is 3. The van der Waals surface area contributed by atoms with Gasteiger partial charge in [-0.1, -0.05) is 152 Å². The predicted molar refractivity (Wildman–Crippen MR) is 198 cm³/mol. The molecule has 2 unspecified atom stereocenters. The third kappa shape index (κ3) is 3.96. The molecule has 220 valence electrons. The lowest BCUT2D eigenvalue weighted by Gasteiger charge is -2.37. The van der Waals surface area contributed by atoms with Gasteiger partial charge in [-0.2, -0.15) is 0 Å². The molecule has 1 heterocycles. The van der Waals surface area contributed by atoms with E-state index in [1.54, 1.807) is 0 Å². The molecule has 2 aliphatic carbocycles. The van der Waals surface area contributed by atoms with Crippen molar-refractivity contribution in [2.75, 3.05) is 0 Å². The maximum Gasteiger partial charge on any atom is 0.0541 e. The van der Waals surface area contributed by atoms with E-state index in [-0.39, 0.29) is 11.8 Å². The van der Waals surface area contributed by atoms with Crippen molar-refractivity contribution in [1.82, 2.24) is 4.57 Å². The Morgan fingerprint density at radius 1 is 0.489 bits per heavy atom. The zero-order valence-corrected chi connectivity index (χ0v) is 25.8. The van der Waals surface area contributed by atoms with Crippen molar-refractivity contribution < 1.29 is 0 Å². The summed E-state index contributed by atoms with van der Waals surface area (Å²) in [6.45, 7) is 0. The van der Waals surface area contributed by atoms with E-state index in [4.69, 9.17) is 0 Å². The van der Waals surface area contributed by atoms with E-state index in [1.165, 1.54) is 82.4 Å². The molecule has 8 aromatic rings. The van der Waals surface area contributed by atoms with Crippen molar-refractivity contribution in [2.24, 2.45) is 5.92 Å². The molecule has 7 aromatic carbocycles. The first-order chi connectivity index (χ1) is 23.3. The molecule has 10 rings (SSSR count). The zero-order valence-electron chi connectivity index (χ0n) is 25.8. The molecule has 47 heavy (non-hydrogen) atoms. The van der Waals surface area contributed by atoms with Crippen molar-refractivity contribution >= 4 is 48.9 Å². The highest BCUT2D eigenvalue weighted by Gasteiger charge is 2.35. The quantitative estimate of drug-likeness (QED) is 0.179. The van der Waals surface area contributed by atoms with E-state index in [0.29, 0.717) is 0 Å². The first-order valence-corrected chi connectivity index (χ1v) is 16.5. The standard InChI is InChI=1S/C46H31N/c1-2-12-35-30(11-1)21-22-32-29-33(25-28-36(32)35)46-41-17-5-3-15-39(41)45(40-16-4-6-18-42(40)46)31-23-26-34(27-24-31)47-43-19-9-7-13-37(43)38-14-8-10-20-44(38)47/h1-29,41,46H. The normalized spacial score (nSPS) is 17.1. The Kier molecular flexibility index (Phi) is 5.77. The van der Waals surface area contributed by atoms with E-state index >= 15 is 0 Å². The van der Waals surface area contributed by atoms with Gasteiger partial charge in [0.05, 0.1) is 11.0 Å². The number of benzene rings is 7. The summed E-state index contributed by atoms with van der Waals surface area (Å²) in [5.41, 5.74) is 11.7. The van der Waals surface area contributed by atoms with Gasteiger partial charge < -0.3 is 4.57 Å². The molecule has 0 radical (unpaired) electrons. The van der Waals surface area contributed by atoms with Gasteiger partial charge in [0.25, 0.3) is 0 Å². The number of hydrogen-bond acceptors (Lipinski definition) is 0. The summed E-state index contributed by atoms with van der Waals surface area (Å²) >= 11 is 0. The first-order valence-electron chi connectivity index (χ1n) is 16.5. The Hall–Kier alpha value is -5.92. The van der Waals surface area contributed by atoms with Gasteiger partial charge in [0.15, 0.2) is 0 Å². The van der Waals surface area contributed by atoms with E-state index in [9.17, 15) is 0 Å². The van der Waals surface area contributed by atoms with Crippen molar-refractivity contribution in [2.45, 2.75) is 5.92 Å². The second-order valence-corrected chi connectivity index (χ2v) is 12.8. The van der Waals surface area contributed by atoms with Gasteiger partial charge in [-0.15, -0.1) is 0 Å². The number of para-hydroxylation sites is 2. The minimum absolute atomic E-state index is 0.235. The van der Waals surface area contributed by atoms with Crippen LogP contribution < -0.4 is 0 Å². The largest absolute Gasteiger partial charge is 0.309 e. The van der Waals surface area contributed by atoms with Crippen LogP contribution in [0.2, 0.25) is 0 Å². The van der Waals surface area contributed by atoms with E-state index in [0.717, 1.165) is 0 Å². The SMILES string of the molecule is C1=CC2=C(c3ccc(-n4c5ccccc5c5ccccc54)cc3)c3ccccc3C(c3ccc4c(ccc5ccccc54)c3)C2C=C1. The van der Waals surface area contributed by atoms with Gasteiger partial charge in [-0.3, -0.25) is 0 Å². The average Bonchev–Trinajstić information content (AvgIpc) is 3.48. The molecule has 0 saturated heterocycles. The fraction of sp³-hybridized carbons (Fsp3) is 0.0435. The van der Waals surface area contributed by atoms with Gasteiger partial charge in [0.1, 0.15) is 0 Å². The Labute approximate surface area is 274 Å². The molecular formula is C46H31N. The van der Waals surface area contributed by atoms with Gasteiger partial charge in [0.2, 0.25) is 0 Å².